The van der Waals surface area contributed by atoms with Crippen LogP contribution in [-0.2, 0) is 14.3 Å². The number of allylic oxidation sites excluding steroid dienone is 1. The highest BCUT2D eigenvalue weighted by Gasteiger charge is 2.58. The Bertz CT molecular complexity index is 441. The molecule has 0 amide bonds. The van der Waals surface area contributed by atoms with Crippen LogP contribution in [0.2, 0.25) is 0 Å². The summed E-state index contributed by atoms with van der Waals surface area (Å²) in [5.41, 5.74) is 0.367. The van der Waals surface area contributed by atoms with E-state index in [0.29, 0.717) is 18.1 Å². The third kappa shape index (κ3) is 1.81. The highest BCUT2D eigenvalue weighted by atomic mass is 16.6. The summed E-state index contributed by atoms with van der Waals surface area (Å²) in [6, 6.07) is 0. The standard InChI is InChI=1S/C15H20O4/c1-7(2)15(17)19-14-10-5-4-9(13(14)16)11-6-18-8(3)12(10)11/h9-14,16H,1,3-6H2,2H3. The van der Waals surface area contributed by atoms with Crippen molar-refractivity contribution >= 4 is 5.97 Å². The van der Waals surface area contributed by atoms with Gasteiger partial charge in [0.05, 0.1) is 18.5 Å². The first-order chi connectivity index (χ1) is 9.00. The molecule has 3 saturated carbocycles. The zero-order valence-electron chi connectivity index (χ0n) is 11.2. The predicted octanol–water partition coefficient (Wildman–Crippen LogP) is 1.65. The lowest BCUT2D eigenvalue weighted by atomic mass is 9.56. The van der Waals surface area contributed by atoms with Crippen LogP contribution in [0.5, 0.6) is 0 Å². The van der Waals surface area contributed by atoms with Crippen LogP contribution in [0.1, 0.15) is 19.8 Å². The summed E-state index contributed by atoms with van der Waals surface area (Å²) < 4.78 is 11.0. The van der Waals surface area contributed by atoms with Crippen LogP contribution in [0, 0.1) is 23.7 Å². The van der Waals surface area contributed by atoms with Crippen LogP contribution in [-0.4, -0.2) is 29.9 Å². The molecule has 1 aliphatic heterocycles. The van der Waals surface area contributed by atoms with Gasteiger partial charge in [0.15, 0.2) is 0 Å². The molecule has 19 heavy (non-hydrogen) atoms. The molecule has 3 aliphatic carbocycles. The van der Waals surface area contributed by atoms with E-state index in [1.54, 1.807) is 6.92 Å². The van der Waals surface area contributed by atoms with E-state index in [1.165, 1.54) is 0 Å². The fourth-order valence-corrected chi connectivity index (χ4v) is 4.04. The highest BCUT2D eigenvalue weighted by molar-refractivity contribution is 5.87. The van der Waals surface area contributed by atoms with Crippen molar-refractivity contribution in [3.05, 3.63) is 24.5 Å². The molecule has 1 heterocycles. The molecular formula is C15H20O4. The van der Waals surface area contributed by atoms with Crippen LogP contribution in [0.25, 0.3) is 0 Å². The number of carbonyl (C=O) groups is 1. The molecule has 0 aromatic rings. The van der Waals surface area contributed by atoms with Gasteiger partial charge in [0, 0.05) is 23.3 Å². The van der Waals surface area contributed by atoms with Crippen LogP contribution < -0.4 is 0 Å². The largest absolute Gasteiger partial charge is 0.498 e. The Labute approximate surface area is 113 Å². The molecule has 4 fully saturated rings. The van der Waals surface area contributed by atoms with E-state index in [0.717, 1.165) is 18.6 Å². The van der Waals surface area contributed by atoms with Gasteiger partial charge in [-0.1, -0.05) is 13.2 Å². The van der Waals surface area contributed by atoms with Crippen molar-refractivity contribution in [3.63, 3.8) is 0 Å². The first-order valence-electron chi connectivity index (χ1n) is 6.87. The van der Waals surface area contributed by atoms with Crippen LogP contribution in [0.3, 0.4) is 0 Å². The van der Waals surface area contributed by atoms with Crippen molar-refractivity contribution in [3.8, 4) is 0 Å². The lowest BCUT2D eigenvalue weighted by molar-refractivity contribution is -0.184. The van der Waals surface area contributed by atoms with E-state index in [2.05, 4.69) is 13.2 Å². The number of esters is 1. The first-order valence-corrected chi connectivity index (χ1v) is 6.87. The van der Waals surface area contributed by atoms with E-state index >= 15 is 0 Å². The molecule has 4 aliphatic rings. The van der Waals surface area contributed by atoms with Gasteiger partial charge in [-0.3, -0.25) is 0 Å². The summed E-state index contributed by atoms with van der Waals surface area (Å²) in [6.07, 6.45) is 0.907. The van der Waals surface area contributed by atoms with Crippen molar-refractivity contribution in [1.82, 2.24) is 0 Å². The molecule has 0 aromatic heterocycles. The van der Waals surface area contributed by atoms with E-state index in [4.69, 9.17) is 9.47 Å². The number of aliphatic hydroxyl groups excluding tert-OH is 1. The molecule has 6 unspecified atom stereocenters. The number of hydrogen-bond donors (Lipinski definition) is 1. The molecule has 0 spiro atoms. The maximum atomic E-state index is 11.7. The Balaban J connectivity index is 1.84. The monoisotopic (exact) mass is 264 g/mol. The van der Waals surface area contributed by atoms with Crippen molar-refractivity contribution in [1.29, 1.82) is 0 Å². The van der Waals surface area contributed by atoms with Gasteiger partial charge in [0.25, 0.3) is 0 Å². The molecule has 104 valence electrons. The van der Waals surface area contributed by atoms with Gasteiger partial charge in [-0.25, -0.2) is 4.79 Å². The quantitative estimate of drug-likeness (QED) is 0.608. The lowest BCUT2D eigenvalue weighted by Crippen LogP contribution is -2.57. The molecule has 1 N–H and O–H groups in total. The molecule has 4 heteroatoms. The number of fused-ring (bicyclic) bond motifs is 2. The maximum Gasteiger partial charge on any atom is 0.333 e. The third-order valence-corrected chi connectivity index (χ3v) is 4.93. The van der Waals surface area contributed by atoms with Gasteiger partial charge in [-0.15, -0.1) is 0 Å². The summed E-state index contributed by atoms with van der Waals surface area (Å²) in [5.74, 6) is 1.22. The average molecular weight is 264 g/mol. The van der Waals surface area contributed by atoms with E-state index < -0.39 is 18.2 Å². The molecule has 0 radical (unpaired) electrons. The van der Waals surface area contributed by atoms with Gasteiger partial charge in [0.2, 0.25) is 0 Å². The maximum absolute atomic E-state index is 11.7. The normalized spacial score (nSPS) is 43.6. The molecule has 2 bridgehead atoms. The zero-order valence-corrected chi connectivity index (χ0v) is 11.2. The minimum atomic E-state index is -0.585. The van der Waals surface area contributed by atoms with Gasteiger partial charge >= 0.3 is 5.97 Å². The van der Waals surface area contributed by atoms with Crippen molar-refractivity contribution in [2.24, 2.45) is 23.7 Å². The van der Waals surface area contributed by atoms with Crippen molar-refractivity contribution < 1.29 is 19.4 Å². The van der Waals surface area contributed by atoms with Crippen LogP contribution in [0.15, 0.2) is 24.5 Å². The molecule has 4 nitrogen and oxygen atoms in total. The molecule has 4 rings (SSSR count). The summed E-state index contributed by atoms with van der Waals surface area (Å²) >= 11 is 0. The average Bonchev–Trinajstić information content (AvgIpc) is 2.77. The second kappa shape index (κ2) is 4.37. The van der Waals surface area contributed by atoms with Gasteiger partial charge < -0.3 is 14.6 Å². The summed E-state index contributed by atoms with van der Waals surface area (Å²) in [5, 5.41) is 10.4. The Hall–Kier alpha value is -1.29. The third-order valence-electron chi connectivity index (χ3n) is 4.93. The fourth-order valence-electron chi connectivity index (χ4n) is 4.04. The Morgan fingerprint density at radius 1 is 1.37 bits per heavy atom. The minimum absolute atomic E-state index is 0.128. The number of hydrogen-bond acceptors (Lipinski definition) is 4. The Morgan fingerprint density at radius 2 is 2.05 bits per heavy atom. The summed E-state index contributed by atoms with van der Waals surface area (Å²) in [4.78, 5) is 11.7. The SMILES string of the molecule is C=C(C)C(=O)OC1C(O)C2CCC1C1C(=C)OCC21. The summed E-state index contributed by atoms with van der Waals surface area (Å²) in [6.45, 7) is 9.82. The van der Waals surface area contributed by atoms with Gasteiger partial charge in [0.1, 0.15) is 6.10 Å². The molecular weight excluding hydrogens is 244 g/mol. The van der Waals surface area contributed by atoms with Crippen molar-refractivity contribution in [2.45, 2.75) is 32.0 Å². The number of carbonyl (C=O) groups excluding carboxylic acids is 1. The smallest absolute Gasteiger partial charge is 0.333 e. The van der Waals surface area contributed by atoms with Crippen LogP contribution >= 0.6 is 0 Å². The van der Waals surface area contributed by atoms with E-state index in [-0.39, 0.29) is 17.8 Å². The second-order valence-electron chi connectivity index (χ2n) is 6.01. The van der Waals surface area contributed by atoms with Crippen LogP contribution in [0.4, 0.5) is 0 Å². The van der Waals surface area contributed by atoms with E-state index in [1.807, 2.05) is 0 Å². The second-order valence-corrected chi connectivity index (χ2v) is 6.01. The zero-order chi connectivity index (χ0) is 13.7. The summed E-state index contributed by atoms with van der Waals surface area (Å²) in [7, 11) is 0. The van der Waals surface area contributed by atoms with Crippen molar-refractivity contribution in [2.75, 3.05) is 6.61 Å². The number of rotatable bonds is 2. The Kier molecular flexibility index (Phi) is 2.93. The molecule has 1 saturated heterocycles. The number of ether oxygens (including phenoxy) is 2. The van der Waals surface area contributed by atoms with E-state index in [9.17, 15) is 9.90 Å². The molecule has 6 atom stereocenters. The lowest BCUT2D eigenvalue weighted by Gasteiger charge is -2.51. The minimum Gasteiger partial charge on any atom is -0.498 e. The highest BCUT2D eigenvalue weighted by Crippen LogP contribution is 2.55. The Morgan fingerprint density at radius 3 is 2.74 bits per heavy atom. The molecule has 0 aromatic carbocycles. The predicted molar refractivity (Wildman–Crippen MR) is 69.0 cm³/mol. The van der Waals surface area contributed by atoms with Gasteiger partial charge in [-0.2, -0.15) is 0 Å². The number of aliphatic hydroxyl groups is 1. The first kappa shape index (κ1) is 12.7. The topological polar surface area (TPSA) is 55.8 Å². The van der Waals surface area contributed by atoms with Gasteiger partial charge in [-0.05, 0) is 25.7 Å². The fraction of sp³-hybridized carbons (Fsp3) is 0.667.